The van der Waals surface area contributed by atoms with Crippen LogP contribution >= 0.6 is 0 Å². The van der Waals surface area contributed by atoms with Gasteiger partial charge in [-0.3, -0.25) is 0 Å². The standard InChI is InChI=1S/C55H39N/c1-37-17-9-16-28-52(37)56(45-22-7-4-8-23-45)38(2)39-29-31-40(32-30-39)42-33-34-50-51(36-42)53(41-18-5-3-6-19-41)48-26-14-15-27-49(48)55(50)54-46-24-12-10-20-43(46)35-44-21-11-13-25-47(44)54/h3-36H,2H2,1H3. The van der Waals surface area contributed by atoms with Crippen LogP contribution < -0.4 is 4.90 Å². The number of para-hydroxylation sites is 2. The van der Waals surface area contributed by atoms with Crippen molar-refractivity contribution >= 4 is 60.2 Å². The topological polar surface area (TPSA) is 3.24 Å². The maximum absolute atomic E-state index is 4.64. The van der Waals surface area contributed by atoms with E-state index in [0.29, 0.717) is 0 Å². The zero-order chi connectivity index (χ0) is 37.6. The Labute approximate surface area is 328 Å². The third kappa shape index (κ3) is 5.65. The van der Waals surface area contributed by atoms with E-state index in [0.717, 1.165) is 28.2 Å². The van der Waals surface area contributed by atoms with Gasteiger partial charge in [0.2, 0.25) is 0 Å². The molecular weight excluding hydrogens is 675 g/mol. The molecule has 0 saturated carbocycles. The number of benzene rings is 10. The molecule has 10 aromatic rings. The van der Waals surface area contributed by atoms with Crippen molar-refractivity contribution in [3.63, 3.8) is 0 Å². The molecule has 0 aliphatic heterocycles. The average Bonchev–Trinajstić information content (AvgIpc) is 3.26. The summed E-state index contributed by atoms with van der Waals surface area (Å²) in [6, 6.07) is 74.8. The van der Waals surface area contributed by atoms with Gasteiger partial charge in [-0.15, -0.1) is 0 Å². The Hall–Kier alpha value is -7.22. The number of hydrogen-bond acceptors (Lipinski definition) is 1. The van der Waals surface area contributed by atoms with Crippen LogP contribution in [0.25, 0.3) is 82.2 Å². The first-order valence-corrected chi connectivity index (χ1v) is 19.3. The smallest absolute Gasteiger partial charge is 0.0490 e. The number of anilines is 2. The van der Waals surface area contributed by atoms with Gasteiger partial charge >= 0.3 is 0 Å². The molecule has 10 rings (SSSR count). The lowest BCUT2D eigenvalue weighted by Crippen LogP contribution is -2.15. The predicted octanol–water partition coefficient (Wildman–Crippen LogP) is 15.4. The van der Waals surface area contributed by atoms with E-state index in [4.69, 9.17) is 0 Å². The second-order valence-electron chi connectivity index (χ2n) is 14.6. The van der Waals surface area contributed by atoms with Crippen molar-refractivity contribution in [2.45, 2.75) is 6.92 Å². The van der Waals surface area contributed by atoms with E-state index in [-0.39, 0.29) is 0 Å². The van der Waals surface area contributed by atoms with E-state index in [2.05, 4.69) is 225 Å². The molecule has 0 aromatic heterocycles. The number of aryl methyl sites for hydroxylation is 1. The van der Waals surface area contributed by atoms with E-state index in [1.165, 1.54) is 76.5 Å². The van der Waals surface area contributed by atoms with Crippen LogP contribution in [0.2, 0.25) is 0 Å². The Balaban J connectivity index is 1.18. The van der Waals surface area contributed by atoms with Gasteiger partial charge in [0, 0.05) is 17.1 Å². The van der Waals surface area contributed by atoms with Gasteiger partial charge in [0.25, 0.3) is 0 Å². The monoisotopic (exact) mass is 713 g/mol. The van der Waals surface area contributed by atoms with Crippen molar-refractivity contribution in [2.24, 2.45) is 0 Å². The quantitative estimate of drug-likeness (QED) is 0.149. The van der Waals surface area contributed by atoms with E-state index in [1.807, 2.05) is 0 Å². The molecule has 0 radical (unpaired) electrons. The highest BCUT2D eigenvalue weighted by Crippen LogP contribution is 2.48. The van der Waals surface area contributed by atoms with Crippen molar-refractivity contribution in [1.29, 1.82) is 0 Å². The highest BCUT2D eigenvalue weighted by atomic mass is 15.1. The Morgan fingerprint density at radius 2 is 0.875 bits per heavy atom. The zero-order valence-electron chi connectivity index (χ0n) is 31.3. The summed E-state index contributed by atoms with van der Waals surface area (Å²) >= 11 is 0. The molecule has 0 atom stereocenters. The third-order valence-electron chi connectivity index (χ3n) is 11.3. The molecule has 0 unspecified atom stereocenters. The molecule has 0 aliphatic rings. The summed E-state index contributed by atoms with van der Waals surface area (Å²) < 4.78 is 0. The summed E-state index contributed by atoms with van der Waals surface area (Å²) in [6.45, 7) is 6.80. The fourth-order valence-electron chi connectivity index (χ4n) is 8.64. The molecule has 0 heterocycles. The van der Waals surface area contributed by atoms with Crippen LogP contribution in [-0.2, 0) is 0 Å². The minimum absolute atomic E-state index is 0.931. The molecule has 0 saturated heterocycles. The summed E-state index contributed by atoms with van der Waals surface area (Å²) in [5.41, 5.74) is 12.8. The van der Waals surface area contributed by atoms with Crippen LogP contribution in [0.5, 0.6) is 0 Å². The van der Waals surface area contributed by atoms with E-state index < -0.39 is 0 Å². The van der Waals surface area contributed by atoms with Crippen LogP contribution in [0.15, 0.2) is 213 Å². The predicted molar refractivity (Wildman–Crippen MR) is 242 cm³/mol. The summed E-state index contributed by atoms with van der Waals surface area (Å²) in [5.74, 6) is 0. The molecular formula is C55H39N. The second kappa shape index (κ2) is 13.9. The number of fused-ring (bicyclic) bond motifs is 4. The van der Waals surface area contributed by atoms with Crippen molar-refractivity contribution < 1.29 is 0 Å². The lowest BCUT2D eigenvalue weighted by atomic mass is 9.82. The average molecular weight is 714 g/mol. The van der Waals surface area contributed by atoms with E-state index in [9.17, 15) is 0 Å². The summed E-state index contributed by atoms with van der Waals surface area (Å²) in [4.78, 5) is 2.26. The van der Waals surface area contributed by atoms with Crippen molar-refractivity contribution in [1.82, 2.24) is 0 Å². The van der Waals surface area contributed by atoms with Gasteiger partial charge in [-0.25, -0.2) is 0 Å². The molecule has 1 heteroatoms. The first kappa shape index (κ1) is 33.4. The molecule has 264 valence electrons. The van der Waals surface area contributed by atoms with E-state index in [1.54, 1.807) is 0 Å². The van der Waals surface area contributed by atoms with Gasteiger partial charge in [0.1, 0.15) is 0 Å². The molecule has 0 spiro atoms. The van der Waals surface area contributed by atoms with Gasteiger partial charge in [0.15, 0.2) is 0 Å². The summed E-state index contributed by atoms with van der Waals surface area (Å²) in [6.07, 6.45) is 0. The van der Waals surface area contributed by atoms with Crippen LogP contribution in [0.1, 0.15) is 11.1 Å². The largest absolute Gasteiger partial charge is 0.310 e. The maximum Gasteiger partial charge on any atom is 0.0490 e. The summed E-state index contributed by atoms with van der Waals surface area (Å²) in [7, 11) is 0. The minimum atomic E-state index is 0.931. The molecule has 10 aromatic carbocycles. The Kier molecular flexibility index (Phi) is 8.27. The van der Waals surface area contributed by atoms with Gasteiger partial charge < -0.3 is 4.90 Å². The van der Waals surface area contributed by atoms with Gasteiger partial charge in [-0.05, 0) is 125 Å². The molecule has 0 amide bonds. The van der Waals surface area contributed by atoms with Crippen LogP contribution in [-0.4, -0.2) is 0 Å². The van der Waals surface area contributed by atoms with Crippen LogP contribution in [0, 0.1) is 6.92 Å². The zero-order valence-corrected chi connectivity index (χ0v) is 31.3. The molecule has 0 bridgehead atoms. The lowest BCUT2D eigenvalue weighted by Gasteiger charge is -2.29. The van der Waals surface area contributed by atoms with Gasteiger partial charge in [-0.2, -0.15) is 0 Å². The number of hydrogen-bond donors (Lipinski definition) is 0. The minimum Gasteiger partial charge on any atom is -0.310 e. The lowest BCUT2D eigenvalue weighted by molar-refractivity contribution is 1.26. The van der Waals surface area contributed by atoms with Crippen LogP contribution in [0.4, 0.5) is 11.4 Å². The Morgan fingerprint density at radius 3 is 1.54 bits per heavy atom. The van der Waals surface area contributed by atoms with Gasteiger partial charge in [0.05, 0.1) is 0 Å². The highest BCUT2D eigenvalue weighted by Gasteiger charge is 2.21. The molecule has 1 nitrogen and oxygen atoms in total. The Bertz CT molecular complexity index is 3030. The SMILES string of the molecule is C=C(c1ccc(-c2ccc3c(-c4c5ccccc5cc5ccccc45)c4ccccc4c(-c4ccccc4)c3c2)cc1)N(c1ccccc1)c1ccccc1C. The molecule has 56 heavy (non-hydrogen) atoms. The van der Waals surface area contributed by atoms with Crippen molar-refractivity contribution in [3.05, 3.63) is 224 Å². The fraction of sp³-hybridized carbons (Fsp3) is 0.0182. The number of nitrogens with zero attached hydrogens (tertiary/aromatic N) is 1. The van der Waals surface area contributed by atoms with Gasteiger partial charge in [-0.1, -0.05) is 183 Å². The van der Waals surface area contributed by atoms with Crippen LogP contribution in [0.3, 0.4) is 0 Å². The van der Waals surface area contributed by atoms with Crippen molar-refractivity contribution in [2.75, 3.05) is 4.90 Å². The Morgan fingerprint density at radius 1 is 0.375 bits per heavy atom. The third-order valence-corrected chi connectivity index (χ3v) is 11.3. The number of rotatable bonds is 7. The molecule has 0 N–H and O–H groups in total. The van der Waals surface area contributed by atoms with E-state index >= 15 is 0 Å². The first-order valence-electron chi connectivity index (χ1n) is 19.3. The first-order chi connectivity index (χ1) is 27.6. The molecule has 0 fully saturated rings. The van der Waals surface area contributed by atoms with Crippen molar-refractivity contribution in [3.8, 4) is 33.4 Å². The maximum atomic E-state index is 4.64. The summed E-state index contributed by atoms with van der Waals surface area (Å²) in [5, 5.41) is 10.0. The second-order valence-corrected chi connectivity index (χ2v) is 14.6. The fourth-order valence-corrected chi connectivity index (χ4v) is 8.64. The normalized spacial score (nSPS) is 11.4. The highest BCUT2D eigenvalue weighted by molar-refractivity contribution is 6.27. The molecule has 0 aliphatic carbocycles.